The molecule has 0 aromatic heterocycles. The molecule has 6 rings (SSSR count). The maximum atomic E-state index is 2.12. The van der Waals surface area contributed by atoms with Crippen LogP contribution in [-0.2, 0) is 53.6 Å². The first-order valence-electron chi connectivity index (χ1n) is 10.1. The summed E-state index contributed by atoms with van der Waals surface area (Å²) in [5, 5.41) is 0. The van der Waals surface area contributed by atoms with E-state index in [9.17, 15) is 0 Å². The Morgan fingerprint density at radius 1 is 0.303 bits per heavy atom. The molecule has 0 bridgehead atoms. The molecule has 0 heterocycles. The van der Waals surface area contributed by atoms with Gasteiger partial charge in [0, 0.05) is 0 Å². The van der Waals surface area contributed by atoms with E-state index >= 15 is 0 Å². The van der Waals surface area contributed by atoms with E-state index in [1.54, 1.807) is 0 Å². The van der Waals surface area contributed by atoms with E-state index < -0.39 is 0 Å². The number of rotatable bonds is 1. The van der Waals surface area contributed by atoms with Gasteiger partial charge in [0.15, 0.2) is 0 Å². The van der Waals surface area contributed by atoms with Gasteiger partial charge < -0.3 is 0 Å². The molecule has 0 aliphatic rings. The van der Waals surface area contributed by atoms with Gasteiger partial charge in [-0.2, -0.15) is 132 Å². The average molecular weight is 601 g/mol. The molecule has 0 N–H and O–H groups in total. The van der Waals surface area contributed by atoms with Crippen molar-refractivity contribution in [1.29, 1.82) is 0 Å². The van der Waals surface area contributed by atoms with Crippen LogP contribution in [0.3, 0.4) is 0 Å². The molecule has 0 spiro atoms. The van der Waals surface area contributed by atoms with Gasteiger partial charge in [-0.3, -0.25) is 0 Å². The first-order chi connectivity index (χ1) is 15.0. The van der Waals surface area contributed by atoms with Crippen LogP contribution in [0.15, 0.2) is 170 Å². The zero-order chi connectivity index (χ0) is 21.0. The standard InChI is InChI=1S/C10H8.4C5H5.2Fe.Ru/c1-2-6-9(5-1)10-7-3-4-8-10;4*1-2-4-5-3-1;;;/h1-8H;4*1-5H;;;/q-2;4*-1;3*+2. The maximum absolute atomic E-state index is 2.12. The Hall–Kier alpha value is -2.24. The van der Waals surface area contributed by atoms with E-state index in [1.807, 2.05) is 121 Å². The summed E-state index contributed by atoms with van der Waals surface area (Å²) in [7, 11) is 0. The summed E-state index contributed by atoms with van der Waals surface area (Å²) >= 11 is 0. The number of hydrogen-bond acceptors (Lipinski definition) is 0. The second-order valence-electron chi connectivity index (χ2n) is 6.20. The molecule has 0 unspecified atom stereocenters. The summed E-state index contributed by atoms with van der Waals surface area (Å²) in [4.78, 5) is 0. The van der Waals surface area contributed by atoms with Crippen LogP contribution in [0, 0.1) is 0 Å². The quantitative estimate of drug-likeness (QED) is 0.131. The minimum absolute atomic E-state index is 0. The second-order valence-corrected chi connectivity index (χ2v) is 6.20. The molecule has 0 aliphatic heterocycles. The van der Waals surface area contributed by atoms with Crippen LogP contribution in [-0.4, -0.2) is 0 Å². The van der Waals surface area contributed by atoms with Crippen molar-refractivity contribution >= 4 is 0 Å². The van der Waals surface area contributed by atoms with Gasteiger partial charge in [-0.25, -0.2) is 48.5 Å². The smallest absolute Gasteiger partial charge is 0.214 e. The first-order valence-corrected chi connectivity index (χ1v) is 10.1. The molecule has 0 saturated carbocycles. The Morgan fingerprint density at radius 2 is 0.485 bits per heavy atom. The molecule has 0 saturated heterocycles. The predicted molar refractivity (Wildman–Crippen MR) is 131 cm³/mol. The molecule has 172 valence electrons. The minimum Gasteiger partial charge on any atom is -0.214 e. The zero-order valence-corrected chi connectivity index (χ0v) is 22.2. The molecule has 33 heavy (non-hydrogen) atoms. The molecular weight excluding hydrogens is 573 g/mol. The van der Waals surface area contributed by atoms with E-state index in [4.69, 9.17) is 0 Å². The maximum Gasteiger partial charge on any atom is 2.00 e. The molecule has 0 radical (unpaired) electrons. The second kappa shape index (κ2) is 24.4. The topological polar surface area (TPSA) is 0 Å². The van der Waals surface area contributed by atoms with Gasteiger partial charge >= 0.3 is 53.6 Å². The molecule has 0 amide bonds. The third-order valence-electron chi connectivity index (χ3n) is 3.88. The summed E-state index contributed by atoms with van der Waals surface area (Å²) in [5.74, 6) is 0. The van der Waals surface area contributed by atoms with Gasteiger partial charge in [-0.15, -0.1) is 0 Å². The molecule has 3 heteroatoms. The van der Waals surface area contributed by atoms with Crippen LogP contribution in [0.4, 0.5) is 0 Å². The summed E-state index contributed by atoms with van der Waals surface area (Å²) in [6.07, 6.45) is 0. The zero-order valence-electron chi connectivity index (χ0n) is 18.2. The Bertz CT molecular complexity index is 750. The van der Waals surface area contributed by atoms with E-state index in [-0.39, 0.29) is 53.6 Å². The minimum atomic E-state index is 0. The van der Waals surface area contributed by atoms with Gasteiger partial charge in [-0.1, -0.05) is 0 Å². The van der Waals surface area contributed by atoms with Crippen LogP contribution in [0.2, 0.25) is 0 Å². The molecule has 0 fully saturated rings. The van der Waals surface area contributed by atoms with Gasteiger partial charge in [0.25, 0.3) is 0 Å². The predicted octanol–water partition coefficient (Wildman–Crippen LogP) is 8.41. The van der Waals surface area contributed by atoms with Crippen molar-refractivity contribution < 1.29 is 53.6 Å². The molecular formula is C30H28Fe2Ru. The van der Waals surface area contributed by atoms with E-state index in [0.717, 1.165) is 0 Å². The van der Waals surface area contributed by atoms with Gasteiger partial charge in [0.2, 0.25) is 0 Å². The molecule has 6 aromatic carbocycles. The van der Waals surface area contributed by atoms with Crippen LogP contribution in [0.1, 0.15) is 0 Å². The molecule has 6 aromatic rings. The molecule has 0 nitrogen and oxygen atoms in total. The molecule has 0 atom stereocenters. The Labute approximate surface area is 233 Å². The Balaban J connectivity index is 0. The normalized spacial score (nSPS) is 7.88. The number of hydrogen-bond donors (Lipinski definition) is 0. The van der Waals surface area contributed by atoms with Crippen LogP contribution in [0.25, 0.3) is 11.1 Å². The van der Waals surface area contributed by atoms with Crippen molar-refractivity contribution in [1.82, 2.24) is 0 Å². The largest absolute Gasteiger partial charge is 2.00 e. The van der Waals surface area contributed by atoms with E-state index in [0.29, 0.717) is 0 Å². The fourth-order valence-corrected chi connectivity index (χ4v) is 2.42. The monoisotopic (exact) mass is 602 g/mol. The summed E-state index contributed by atoms with van der Waals surface area (Å²) in [6, 6.07) is 56.7. The van der Waals surface area contributed by atoms with Gasteiger partial charge in [-0.05, 0) is 0 Å². The Kier molecular flexibility index (Phi) is 24.4. The van der Waals surface area contributed by atoms with Crippen molar-refractivity contribution in [3.8, 4) is 11.1 Å². The SMILES string of the molecule is [Fe+2].[Fe+2].[Ru+2].c1cc[c-](-[c-]2cccc2)c1.c1cc[cH-]c1.c1cc[cH-]c1.c1cc[cH-]c1.c1cc[cH-]c1. The van der Waals surface area contributed by atoms with Crippen LogP contribution >= 0.6 is 0 Å². The third kappa shape index (κ3) is 17.9. The summed E-state index contributed by atoms with van der Waals surface area (Å²) < 4.78 is 0. The van der Waals surface area contributed by atoms with Gasteiger partial charge in [0.1, 0.15) is 0 Å². The summed E-state index contributed by atoms with van der Waals surface area (Å²) in [5.41, 5.74) is 2.62. The Morgan fingerprint density at radius 3 is 0.606 bits per heavy atom. The van der Waals surface area contributed by atoms with E-state index in [2.05, 4.69) is 48.5 Å². The molecule has 0 aliphatic carbocycles. The van der Waals surface area contributed by atoms with E-state index in [1.165, 1.54) is 11.1 Å². The van der Waals surface area contributed by atoms with Crippen LogP contribution in [0.5, 0.6) is 0 Å². The fraction of sp³-hybridized carbons (Fsp3) is 0. The van der Waals surface area contributed by atoms with Crippen molar-refractivity contribution in [3.05, 3.63) is 170 Å². The summed E-state index contributed by atoms with van der Waals surface area (Å²) in [6.45, 7) is 0. The van der Waals surface area contributed by atoms with Gasteiger partial charge in [0.05, 0.1) is 0 Å². The van der Waals surface area contributed by atoms with Crippen molar-refractivity contribution in [2.24, 2.45) is 0 Å². The first kappa shape index (κ1) is 32.9. The van der Waals surface area contributed by atoms with Crippen molar-refractivity contribution in [2.75, 3.05) is 0 Å². The van der Waals surface area contributed by atoms with Crippen molar-refractivity contribution in [3.63, 3.8) is 0 Å². The van der Waals surface area contributed by atoms with Crippen molar-refractivity contribution in [2.45, 2.75) is 0 Å². The fourth-order valence-electron chi connectivity index (χ4n) is 2.42. The third-order valence-corrected chi connectivity index (χ3v) is 3.88. The average Bonchev–Trinajstić information content (AvgIpc) is 3.70. The van der Waals surface area contributed by atoms with Crippen LogP contribution < -0.4 is 0 Å².